The van der Waals surface area contributed by atoms with E-state index in [-0.39, 0.29) is 16.8 Å². The first-order chi connectivity index (χ1) is 17.5. The molecule has 0 radical (unpaired) electrons. The van der Waals surface area contributed by atoms with Crippen molar-refractivity contribution in [2.24, 2.45) is 0 Å². The number of hydrogen-bond acceptors (Lipinski definition) is 6. The number of anilines is 1. The number of amides is 1. The smallest absolute Gasteiger partial charge is 0.507 e. The minimum Gasteiger partial charge on any atom is -0.507 e. The molecule has 192 valence electrons. The molecule has 1 atom stereocenters. The van der Waals surface area contributed by atoms with Crippen molar-refractivity contribution >= 4 is 23.1 Å². The maximum absolute atomic E-state index is 13.3. The van der Waals surface area contributed by atoms with Crippen LogP contribution in [0.5, 0.6) is 17.2 Å². The maximum atomic E-state index is 13.3. The highest BCUT2D eigenvalue weighted by Gasteiger charge is 2.47. The molecule has 1 aliphatic rings. The van der Waals surface area contributed by atoms with Crippen LogP contribution in [0.3, 0.4) is 0 Å². The number of Topliss-reactive ketones (excluding diaryl/α,β-unsaturated/α-hetero) is 1. The van der Waals surface area contributed by atoms with Gasteiger partial charge in [0, 0.05) is 17.3 Å². The Hall–Kier alpha value is -4.47. The average Bonchev–Trinajstić information content (AvgIpc) is 3.13. The monoisotopic (exact) mass is 513 g/mol. The van der Waals surface area contributed by atoms with Crippen LogP contribution >= 0.6 is 0 Å². The Morgan fingerprint density at radius 2 is 1.62 bits per heavy atom. The highest BCUT2D eigenvalue weighted by Crippen LogP contribution is 2.44. The zero-order chi connectivity index (χ0) is 26.9. The lowest BCUT2D eigenvalue weighted by Crippen LogP contribution is -2.29. The van der Waals surface area contributed by atoms with Gasteiger partial charge in [0.25, 0.3) is 11.7 Å². The van der Waals surface area contributed by atoms with E-state index in [0.717, 1.165) is 17.0 Å². The third kappa shape index (κ3) is 5.09. The minimum atomic E-state index is -4.95. The molecule has 1 fully saturated rings. The van der Waals surface area contributed by atoms with Crippen LogP contribution in [0.4, 0.5) is 18.9 Å². The SMILES string of the molecule is COc1cccc(C2/C(=C(\O)c3ccc(OC)c(C)c3)C(=O)C(=O)N2c2cccc(OC(F)(F)F)c2)c1. The Bertz CT molecular complexity index is 1400. The molecule has 1 aliphatic heterocycles. The summed E-state index contributed by atoms with van der Waals surface area (Å²) in [5.74, 6) is -2.06. The van der Waals surface area contributed by atoms with Crippen molar-refractivity contribution in [2.45, 2.75) is 19.3 Å². The van der Waals surface area contributed by atoms with E-state index in [4.69, 9.17) is 9.47 Å². The van der Waals surface area contributed by atoms with Crippen molar-refractivity contribution in [3.8, 4) is 17.2 Å². The van der Waals surface area contributed by atoms with Crippen molar-refractivity contribution in [1.82, 2.24) is 0 Å². The minimum absolute atomic E-state index is 0.0263. The molecule has 1 unspecified atom stereocenters. The number of alkyl halides is 3. The van der Waals surface area contributed by atoms with E-state index in [1.807, 2.05) is 0 Å². The summed E-state index contributed by atoms with van der Waals surface area (Å²) < 4.78 is 53.0. The molecular formula is C27H22F3NO6. The van der Waals surface area contributed by atoms with E-state index in [0.29, 0.717) is 22.6 Å². The first-order valence-electron chi connectivity index (χ1n) is 11.0. The van der Waals surface area contributed by atoms with Gasteiger partial charge in [0.05, 0.1) is 25.8 Å². The van der Waals surface area contributed by atoms with Gasteiger partial charge >= 0.3 is 6.36 Å². The zero-order valence-electron chi connectivity index (χ0n) is 20.0. The lowest BCUT2D eigenvalue weighted by molar-refractivity contribution is -0.274. The van der Waals surface area contributed by atoms with Gasteiger partial charge in [0.15, 0.2) is 0 Å². The molecule has 3 aromatic carbocycles. The van der Waals surface area contributed by atoms with Crippen LogP contribution in [0.25, 0.3) is 5.76 Å². The zero-order valence-corrected chi connectivity index (χ0v) is 20.0. The second kappa shape index (κ2) is 9.88. The summed E-state index contributed by atoms with van der Waals surface area (Å²) >= 11 is 0. The predicted octanol–water partition coefficient (Wildman–Crippen LogP) is 5.54. The summed E-state index contributed by atoms with van der Waals surface area (Å²) in [5, 5.41) is 11.3. The number of methoxy groups -OCH3 is 2. The average molecular weight is 513 g/mol. The number of carbonyl (C=O) groups is 2. The fourth-order valence-corrected chi connectivity index (χ4v) is 4.24. The molecule has 4 rings (SSSR count). The third-order valence-corrected chi connectivity index (χ3v) is 5.85. The Labute approximate surface area is 210 Å². The first-order valence-corrected chi connectivity index (χ1v) is 11.0. The van der Waals surface area contributed by atoms with Gasteiger partial charge in [0.1, 0.15) is 23.0 Å². The molecule has 0 saturated carbocycles. The van der Waals surface area contributed by atoms with E-state index in [1.54, 1.807) is 43.3 Å². The van der Waals surface area contributed by atoms with Crippen LogP contribution in [0.15, 0.2) is 72.3 Å². The number of aliphatic hydroxyl groups is 1. The van der Waals surface area contributed by atoms with Crippen molar-refractivity contribution < 1.29 is 42.1 Å². The van der Waals surface area contributed by atoms with Crippen molar-refractivity contribution in [3.05, 3.63) is 89.0 Å². The normalized spacial score (nSPS) is 17.1. The molecule has 0 bridgehead atoms. The molecular weight excluding hydrogens is 491 g/mol. The lowest BCUT2D eigenvalue weighted by atomic mass is 9.94. The van der Waals surface area contributed by atoms with Gasteiger partial charge in [-0.05, 0) is 60.5 Å². The molecule has 1 heterocycles. The molecule has 0 aromatic heterocycles. The summed E-state index contributed by atoms with van der Waals surface area (Å²) in [5.41, 5.74) is 1.08. The molecule has 3 aromatic rings. The van der Waals surface area contributed by atoms with Crippen LogP contribution < -0.4 is 19.1 Å². The molecule has 7 nitrogen and oxygen atoms in total. The molecule has 1 saturated heterocycles. The number of ether oxygens (including phenoxy) is 3. The summed E-state index contributed by atoms with van der Waals surface area (Å²) in [7, 11) is 2.93. The van der Waals surface area contributed by atoms with Gasteiger partial charge < -0.3 is 19.3 Å². The van der Waals surface area contributed by atoms with Gasteiger partial charge in [-0.25, -0.2) is 0 Å². The molecule has 1 amide bonds. The van der Waals surface area contributed by atoms with Crippen LogP contribution in [0.2, 0.25) is 0 Å². The Morgan fingerprint density at radius 1 is 0.919 bits per heavy atom. The summed E-state index contributed by atoms with van der Waals surface area (Å²) in [6, 6.07) is 14.8. The van der Waals surface area contributed by atoms with Crippen LogP contribution in [-0.2, 0) is 9.59 Å². The predicted molar refractivity (Wildman–Crippen MR) is 129 cm³/mol. The molecule has 0 aliphatic carbocycles. The van der Waals surface area contributed by atoms with Crippen LogP contribution in [0.1, 0.15) is 22.7 Å². The van der Waals surface area contributed by atoms with Gasteiger partial charge in [0.2, 0.25) is 0 Å². The van der Waals surface area contributed by atoms with E-state index in [9.17, 15) is 27.9 Å². The summed E-state index contributed by atoms with van der Waals surface area (Å²) in [6.07, 6.45) is -4.95. The Morgan fingerprint density at radius 3 is 2.27 bits per heavy atom. The second-order valence-corrected chi connectivity index (χ2v) is 8.18. The van der Waals surface area contributed by atoms with Crippen LogP contribution in [0, 0.1) is 6.92 Å². The number of carbonyl (C=O) groups excluding carboxylic acids is 2. The van der Waals surface area contributed by atoms with Crippen molar-refractivity contribution in [3.63, 3.8) is 0 Å². The third-order valence-electron chi connectivity index (χ3n) is 5.85. The largest absolute Gasteiger partial charge is 0.573 e. The number of aryl methyl sites for hydroxylation is 1. The molecule has 1 N–H and O–H groups in total. The molecule has 37 heavy (non-hydrogen) atoms. The fourth-order valence-electron chi connectivity index (χ4n) is 4.24. The maximum Gasteiger partial charge on any atom is 0.573 e. The van der Waals surface area contributed by atoms with Gasteiger partial charge in [-0.1, -0.05) is 18.2 Å². The number of benzene rings is 3. The standard InChI is InChI=1S/C27H22F3NO6/c1-15-12-17(10-11-21(15)36-3)24(32)22-23(16-6-4-8-19(13-16)35-2)31(26(34)25(22)33)18-7-5-9-20(14-18)37-27(28,29)30/h4-14,23,32H,1-3H3/b24-22+. The van der Waals surface area contributed by atoms with Crippen molar-refractivity contribution in [2.75, 3.05) is 19.1 Å². The summed E-state index contributed by atoms with van der Waals surface area (Å²) in [4.78, 5) is 27.6. The van der Waals surface area contributed by atoms with Gasteiger partial charge in [-0.15, -0.1) is 13.2 Å². The van der Waals surface area contributed by atoms with E-state index >= 15 is 0 Å². The number of ketones is 1. The lowest BCUT2D eigenvalue weighted by Gasteiger charge is -2.26. The Balaban J connectivity index is 1.92. The number of nitrogens with zero attached hydrogens (tertiary/aromatic N) is 1. The van der Waals surface area contributed by atoms with E-state index < -0.39 is 35.6 Å². The number of hydrogen-bond donors (Lipinski definition) is 1. The van der Waals surface area contributed by atoms with Gasteiger partial charge in [-0.2, -0.15) is 0 Å². The second-order valence-electron chi connectivity index (χ2n) is 8.18. The quantitative estimate of drug-likeness (QED) is 0.265. The first kappa shape index (κ1) is 25.6. The number of aliphatic hydroxyl groups excluding tert-OH is 1. The van der Waals surface area contributed by atoms with E-state index in [1.165, 1.54) is 32.4 Å². The highest BCUT2D eigenvalue weighted by atomic mass is 19.4. The summed E-state index contributed by atoms with van der Waals surface area (Å²) in [6.45, 7) is 1.75. The fraction of sp³-hybridized carbons (Fsp3) is 0.185. The van der Waals surface area contributed by atoms with E-state index in [2.05, 4.69) is 4.74 Å². The topological polar surface area (TPSA) is 85.3 Å². The van der Waals surface area contributed by atoms with Crippen molar-refractivity contribution in [1.29, 1.82) is 0 Å². The highest BCUT2D eigenvalue weighted by molar-refractivity contribution is 6.51. The number of rotatable bonds is 6. The Kier molecular flexibility index (Phi) is 6.84. The molecule has 0 spiro atoms. The van der Waals surface area contributed by atoms with Crippen LogP contribution in [-0.4, -0.2) is 37.4 Å². The van der Waals surface area contributed by atoms with Gasteiger partial charge in [-0.3, -0.25) is 14.5 Å². The number of halogens is 3. The molecule has 10 heteroatoms.